The quantitative estimate of drug-likeness (QED) is 0.614. The summed E-state index contributed by atoms with van der Waals surface area (Å²) in [5.74, 6) is 0. The molecular weight excluding hydrogens is 252 g/mol. The molecule has 1 aromatic rings. The van der Waals surface area contributed by atoms with Crippen LogP contribution in [0.2, 0.25) is 0 Å². The molecule has 0 fully saturated rings. The summed E-state index contributed by atoms with van der Waals surface area (Å²) in [6, 6.07) is 0. The van der Waals surface area contributed by atoms with Gasteiger partial charge < -0.3 is 20.5 Å². The van der Waals surface area contributed by atoms with Crippen molar-refractivity contribution in [3.05, 3.63) is 11.9 Å². The molecule has 0 saturated heterocycles. The Labute approximate surface area is 123 Å². The number of aromatic amines is 1. The van der Waals surface area contributed by atoms with Crippen LogP contribution >= 0.6 is 0 Å². The Kier molecular flexibility index (Phi) is 6.30. The van der Waals surface area contributed by atoms with Crippen LogP contribution in [0.15, 0.2) is 6.20 Å². The normalized spacial score (nSPS) is 13.1. The van der Waals surface area contributed by atoms with Gasteiger partial charge in [0, 0.05) is 36.7 Å². The van der Waals surface area contributed by atoms with Gasteiger partial charge in [-0.15, -0.1) is 0 Å². The summed E-state index contributed by atoms with van der Waals surface area (Å²) in [5, 5.41) is 9.67. The van der Waals surface area contributed by atoms with E-state index >= 15 is 0 Å². The Balaban J connectivity index is 2.30. The van der Waals surface area contributed by atoms with Gasteiger partial charge in [-0.1, -0.05) is 27.7 Å². The van der Waals surface area contributed by atoms with E-state index in [1.807, 2.05) is 14.1 Å². The van der Waals surface area contributed by atoms with Crippen molar-refractivity contribution < 1.29 is 4.74 Å². The monoisotopic (exact) mass is 284 g/mol. The summed E-state index contributed by atoms with van der Waals surface area (Å²) < 4.78 is 8.07. The molecule has 118 valence electrons. The average Bonchev–Trinajstić information content (AvgIpc) is 2.25. The largest absolute Gasteiger partial charge is 0.380 e. The van der Waals surface area contributed by atoms with Crippen molar-refractivity contribution in [2.45, 2.75) is 40.8 Å². The first-order valence-electron chi connectivity index (χ1n) is 7.39. The van der Waals surface area contributed by atoms with E-state index in [9.17, 15) is 0 Å². The van der Waals surface area contributed by atoms with Gasteiger partial charge in [-0.3, -0.25) is 4.68 Å². The summed E-state index contributed by atoms with van der Waals surface area (Å²) in [7, 11) is 3.94. The lowest BCUT2D eigenvalue weighted by Crippen LogP contribution is -2.34. The lowest BCUT2D eigenvalue weighted by molar-refractivity contribution is 0.00827. The van der Waals surface area contributed by atoms with Crippen molar-refractivity contribution in [1.82, 2.24) is 20.4 Å². The molecule has 0 aliphatic carbocycles. The average molecular weight is 284 g/mol. The molecule has 1 aromatic heterocycles. The smallest absolute Gasteiger partial charge is 0.0631 e. The molecule has 0 saturated carbocycles. The van der Waals surface area contributed by atoms with Gasteiger partial charge in [-0.05, 0) is 14.1 Å². The molecule has 0 radical (unpaired) electrons. The third-order valence-corrected chi connectivity index (χ3v) is 3.21. The van der Waals surface area contributed by atoms with E-state index in [4.69, 9.17) is 4.74 Å². The first kappa shape index (κ1) is 17.3. The van der Waals surface area contributed by atoms with Gasteiger partial charge in [0.25, 0.3) is 0 Å². The Morgan fingerprint density at radius 1 is 1.10 bits per heavy atom. The molecule has 0 atom stereocenters. The van der Waals surface area contributed by atoms with Crippen molar-refractivity contribution in [3.8, 4) is 0 Å². The predicted octanol–water partition coefficient (Wildman–Crippen LogP) is 1.82. The van der Waals surface area contributed by atoms with E-state index in [1.165, 1.54) is 5.69 Å². The lowest BCUT2D eigenvalue weighted by atomic mass is 9.93. The summed E-state index contributed by atoms with van der Waals surface area (Å²) >= 11 is 0. The highest BCUT2D eigenvalue weighted by molar-refractivity contribution is 4.96. The number of nitrogens with one attached hydrogen (secondary N) is 3. The van der Waals surface area contributed by atoms with Crippen LogP contribution in [0.4, 0.5) is 0 Å². The minimum Gasteiger partial charge on any atom is -0.380 e. The van der Waals surface area contributed by atoms with E-state index in [0.717, 1.165) is 32.8 Å². The van der Waals surface area contributed by atoms with Gasteiger partial charge >= 0.3 is 0 Å². The molecule has 1 heterocycles. The van der Waals surface area contributed by atoms with Gasteiger partial charge in [-0.25, -0.2) is 0 Å². The minimum atomic E-state index is 0.129. The van der Waals surface area contributed by atoms with Crippen LogP contribution in [0.25, 0.3) is 0 Å². The van der Waals surface area contributed by atoms with E-state index in [-0.39, 0.29) is 10.8 Å². The lowest BCUT2D eigenvalue weighted by Gasteiger charge is -2.30. The number of ether oxygens (including phenoxy) is 1. The standard InChI is InChI=1S/C15H32N4O/c1-14(2,9-17-6)11-20-12-15(3,4)10-19-8-13(18-19)7-16-5/h8,16-18H,7,9-12H2,1-6H3. The fourth-order valence-electron chi connectivity index (χ4n) is 2.37. The molecule has 5 heteroatoms. The van der Waals surface area contributed by atoms with Crippen molar-refractivity contribution in [3.63, 3.8) is 0 Å². The van der Waals surface area contributed by atoms with Gasteiger partial charge in [0.05, 0.1) is 18.9 Å². The number of hydrogen-bond donors (Lipinski definition) is 3. The van der Waals surface area contributed by atoms with Crippen molar-refractivity contribution >= 4 is 0 Å². The number of hydrogen-bond acceptors (Lipinski definition) is 3. The van der Waals surface area contributed by atoms with Crippen molar-refractivity contribution in [1.29, 1.82) is 0 Å². The zero-order valence-corrected chi connectivity index (χ0v) is 14.0. The highest BCUT2D eigenvalue weighted by Crippen LogP contribution is 2.21. The Bertz CT molecular complexity index is 367. The molecule has 0 amide bonds. The summed E-state index contributed by atoms with van der Waals surface area (Å²) in [5.41, 5.74) is 1.55. The van der Waals surface area contributed by atoms with Gasteiger partial charge in [0.1, 0.15) is 0 Å². The van der Waals surface area contributed by atoms with Crippen LogP contribution in [-0.2, 0) is 17.8 Å². The van der Waals surface area contributed by atoms with Gasteiger partial charge in [0.15, 0.2) is 0 Å². The van der Waals surface area contributed by atoms with E-state index in [0.29, 0.717) is 0 Å². The molecule has 0 spiro atoms. The Hall–Kier alpha value is -0.780. The molecule has 1 rings (SSSR count). The van der Waals surface area contributed by atoms with Gasteiger partial charge in [-0.2, -0.15) is 0 Å². The Morgan fingerprint density at radius 3 is 2.25 bits per heavy atom. The fraction of sp³-hybridized carbons (Fsp3) is 0.867. The van der Waals surface area contributed by atoms with Gasteiger partial charge in [0.2, 0.25) is 0 Å². The fourth-order valence-corrected chi connectivity index (χ4v) is 2.37. The first-order chi connectivity index (χ1) is 9.28. The van der Waals surface area contributed by atoms with Crippen LogP contribution in [0.5, 0.6) is 0 Å². The molecule has 0 aliphatic heterocycles. The Morgan fingerprint density at radius 2 is 1.70 bits per heavy atom. The molecule has 20 heavy (non-hydrogen) atoms. The zero-order valence-electron chi connectivity index (χ0n) is 14.0. The van der Waals surface area contributed by atoms with Crippen LogP contribution in [0.3, 0.4) is 0 Å². The second kappa shape index (κ2) is 7.29. The minimum absolute atomic E-state index is 0.129. The molecule has 0 bridgehead atoms. The summed E-state index contributed by atoms with van der Waals surface area (Å²) in [6.45, 7) is 13.3. The number of H-pyrrole nitrogens is 1. The second-order valence-corrected chi connectivity index (χ2v) is 7.28. The van der Waals surface area contributed by atoms with E-state index in [2.05, 4.69) is 54.3 Å². The predicted molar refractivity (Wildman–Crippen MR) is 83.9 cm³/mol. The zero-order chi connectivity index (χ0) is 15.2. The highest BCUT2D eigenvalue weighted by atomic mass is 16.5. The maximum Gasteiger partial charge on any atom is 0.0631 e. The van der Waals surface area contributed by atoms with Crippen LogP contribution in [-0.4, -0.2) is 43.6 Å². The van der Waals surface area contributed by atoms with Crippen molar-refractivity contribution in [2.75, 3.05) is 33.9 Å². The SMILES string of the molecule is CNCc1cn(CC(C)(C)COCC(C)(C)CNC)[nH]1. The number of nitrogens with zero attached hydrogens (tertiary/aromatic N) is 1. The maximum absolute atomic E-state index is 5.93. The summed E-state index contributed by atoms with van der Waals surface area (Å²) in [6.07, 6.45) is 2.16. The number of rotatable bonds is 10. The number of aromatic nitrogens is 2. The maximum atomic E-state index is 5.93. The molecular formula is C15H32N4O. The summed E-state index contributed by atoms with van der Waals surface area (Å²) in [4.78, 5) is 0. The van der Waals surface area contributed by atoms with Crippen LogP contribution < -0.4 is 10.6 Å². The molecule has 5 nitrogen and oxygen atoms in total. The van der Waals surface area contributed by atoms with E-state index in [1.54, 1.807) is 0 Å². The van der Waals surface area contributed by atoms with Crippen LogP contribution in [0.1, 0.15) is 33.4 Å². The van der Waals surface area contributed by atoms with Crippen LogP contribution in [0, 0.1) is 10.8 Å². The molecule has 3 N–H and O–H groups in total. The van der Waals surface area contributed by atoms with E-state index < -0.39 is 0 Å². The molecule has 0 aromatic carbocycles. The first-order valence-corrected chi connectivity index (χ1v) is 7.39. The molecule has 0 aliphatic rings. The molecule has 0 unspecified atom stereocenters. The third-order valence-electron chi connectivity index (χ3n) is 3.21. The third kappa shape index (κ3) is 6.11. The second-order valence-electron chi connectivity index (χ2n) is 7.28. The van der Waals surface area contributed by atoms with Crippen molar-refractivity contribution in [2.24, 2.45) is 10.8 Å². The topological polar surface area (TPSA) is 54.0 Å². The highest BCUT2D eigenvalue weighted by Gasteiger charge is 2.23.